The van der Waals surface area contributed by atoms with Crippen molar-refractivity contribution in [3.05, 3.63) is 58.9 Å². The highest BCUT2D eigenvalue weighted by Crippen LogP contribution is 2.20. The highest BCUT2D eigenvalue weighted by atomic mass is 35.5. The summed E-state index contributed by atoms with van der Waals surface area (Å²) in [6.07, 6.45) is 0. The van der Waals surface area contributed by atoms with Gasteiger partial charge in [-0.2, -0.15) is 0 Å². The van der Waals surface area contributed by atoms with Gasteiger partial charge in [-0.1, -0.05) is 11.6 Å². The second-order valence-electron chi connectivity index (χ2n) is 4.19. The molecule has 5 heteroatoms. The SMILES string of the molecule is CCNc1ccc(C(=O)Nc2cc(Cl)ccc2F)cc1. The molecule has 0 spiro atoms. The maximum absolute atomic E-state index is 13.5. The lowest BCUT2D eigenvalue weighted by molar-refractivity contribution is 0.102. The molecule has 1 amide bonds. The van der Waals surface area contributed by atoms with Gasteiger partial charge in [0.25, 0.3) is 5.91 Å². The minimum atomic E-state index is -0.521. The molecule has 0 saturated carbocycles. The molecule has 0 fully saturated rings. The summed E-state index contributed by atoms with van der Waals surface area (Å²) in [6, 6.07) is 11.0. The Morgan fingerprint density at radius 3 is 2.55 bits per heavy atom. The number of halogens is 2. The van der Waals surface area contributed by atoms with Crippen molar-refractivity contribution >= 4 is 28.9 Å². The number of carbonyl (C=O) groups is 1. The number of nitrogens with one attached hydrogen (secondary N) is 2. The van der Waals surface area contributed by atoms with Crippen LogP contribution in [0, 0.1) is 5.82 Å². The quantitative estimate of drug-likeness (QED) is 0.888. The third kappa shape index (κ3) is 3.48. The Balaban J connectivity index is 2.13. The van der Waals surface area contributed by atoms with E-state index in [0.717, 1.165) is 12.2 Å². The number of anilines is 2. The van der Waals surface area contributed by atoms with Crippen LogP contribution in [0.2, 0.25) is 5.02 Å². The van der Waals surface area contributed by atoms with Crippen LogP contribution in [0.1, 0.15) is 17.3 Å². The minimum Gasteiger partial charge on any atom is -0.385 e. The summed E-state index contributed by atoms with van der Waals surface area (Å²) in [5.41, 5.74) is 1.45. The molecule has 3 nitrogen and oxygen atoms in total. The van der Waals surface area contributed by atoms with Crippen LogP contribution < -0.4 is 10.6 Å². The highest BCUT2D eigenvalue weighted by molar-refractivity contribution is 6.31. The largest absolute Gasteiger partial charge is 0.385 e. The third-order valence-electron chi connectivity index (χ3n) is 2.70. The van der Waals surface area contributed by atoms with Gasteiger partial charge in [-0.25, -0.2) is 4.39 Å². The smallest absolute Gasteiger partial charge is 0.255 e. The zero-order valence-corrected chi connectivity index (χ0v) is 11.7. The Labute approximate surface area is 121 Å². The predicted octanol–water partition coefficient (Wildman–Crippen LogP) is 4.16. The molecular formula is C15H14ClFN2O. The number of hydrogen-bond donors (Lipinski definition) is 2. The van der Waals surface area contributed by atoms with E-state index in [0.29, 0.717) is 10.6 Å². The normalized spacial score (nSPS) is 10.2. The molecule has 2 rings (SSSR count). The first-order valence-electron chi connectivity index (χ1n) is 6.20. The van der Waals surface area contributed by atoms with Gasteiger partial charge < -0.3 is 10.6 Å². The molecule has 2 aromatic rings. The van der Waals surface area contributed by atoms with Crippen molar-refractivity contribution in [2.24, 2.45) is 0 Å². The Kier molecular flexibility index (Phi) is 4.58. The van der Waals surface area contributed by atoms with E-state index in [2.05, 4.69) is 10.6 Å². The maximum Gasteiger partial charge on any atom is 0.255 e. The number of amides is 1. The van der Waals surface area contributed by atoms with Crippen molar-refractivity contribution in [3.63, 3.8) is 0 Å². The lowest BCUT2D eigenvalue weighted by Gasteiger charge is -2.08. The summed E-state index contributed by atoms with van der Waals surface area (Å²) in [5, 5.41) is 6.00. The van der Waals surface area contributed by atoms with Crippen LogP contribution in [0.5, 0.6) is 0 Å². The van der Waals surface area contributed by atoms with Gasteiger partial charge in [0.15, 0.2) is 0 Å². The molecule has 2 aromatic carbocycles. The second kappa shape index (κ2) is 6.39. The first-order valence-corrected chi connectivity index (χ1v) is 6.58. The first-order chi connectivity index (χ1) is 9.60. The Hall–Kier alpha value is -2.07. The van der Waals surface area contributed by atoms with Gasteiger partial charge in [0.1, 0.15) is 5.82 Å². The number of rotatable bonds is 4. The first kappa shape index (κ1) is 14.3. The fourth-order valence-electron chi connectivity index (χ4n) is 1.73. The summed E-state index contributed by atoms with van der Waals surface area (Å²) in [5.74, 6) is -0.902. The number of benzene rings is 2. The number of hydrogen-bond acceptors (Lipinski definition) is 2. The predicted molar refractivity (Wildman–Crippen MR) is 80.0 cm³/mol. The van der Waals surface area contributed by atoms with E-state index in [-0.39, 0.29) is 11.6 Å². The fraction of sp³-hybridized carbons (Fsp3) is 0.133. The molecule has 2 N–H and O–H groups in total. The van der Waals surface area contributed by atoms with Crippen LogP contribution in [0.4, 0.5) is 15.8 Å². The van der Waals surface area contributed by atoms with Gasteiger partial charge in [0, 0.05) is 22.8 Å². The second-order valence-corrected chi connectivity index (χ2v) is 4.62. The van der Waals surface area contributed by atoms with Gasteiger partial charge in [-0.15, -0.1) is 0 Å². The summed E-state index contributed by atoms with van der Waals surface area (Å²) in [7, 11) is 0. The molecule has 104 valence electrons. The van der Waals surface area contributed by atoms with E-state index < -0.39 is 5.82 Å². The van der Waals surface area contributed by atoms with Crippen molar-refractivity contribution in [2.45, 2.75) is 6.92 Å². The van der Waals surface area contributed by atoms with Gasteiger partial charge in [0.05, 0.1) is 5.69 Å². The van der Waals surface area contributed by atoms with Crippen molar-refractivity contribution in [1.29, 1.82) is 0 Å². The standard InChI is InChI=1S/C15H14ClFN2O/c1-2-18-12-6-3-10(4-7-12)15(20)19-14-9-11(16)5-8-13(14)17/h3-9,18H,2H2,1H3,(H,19,20). The molecule has 0 atom stereocenters. The summed E-state index contributed by atoms with van der Waals surface area (Å²) in [4.78, 5) is 12.0. The Bertz CT molecular complexity index is 614. The average Bonchev–Trinajstić information content (AvgIpc) is 2.44. The van der Waals surface area contributed by atoms with Crippen LogP contribution in [0.3, 0.4) is 0 Å². The molecule has 0 aliphatic carbocycles. The lowest BCUT2D eigenvalue weighted by Crippen LogP contribution is -2.13. The van der Waals surface area contributed by atoms with Gasteiger partial charge in [0.2, 0.25) is 0 Å². The van der Waals surface area contributed by atoms with E-state index >= 15 is 0 Å². The lowest BCUT2D eigenvalue weighted by atomic mass is 10.2. The van der Waals surface area contributed by atoms with Crippen LogP contribution >= 0.6 is 11.6 Å². The molecule has 0 aliphatic heterocycles. The van der Waals surface area contributed by atoms with E-state index in [4.69, 9.17) is 11.6 Å². The van der Waals surface area contributed by atoms with Crippen molar-refractivity contribution in [3.8, 4) is 0 Å². The summed E-state index contributed by atoms with van der Waals surface area (Å²) < 4.78 is 13.5. The van der Waals surface area contributed by atoms with Crippen molar-refractivity contribution < 1.29 is 9.18 Å². The summed E-state index contributed by atoms with van der Waals surface area (Å²) in [6.45, 7) is 2.79. The highest BCUT2D eigenvalue weighted by Gasteiger charge is 2.09. The van der Waals surface area contributed by atoms with Crippen LogP contribution in [0.25, 0.3) is 0 Å². The molecule has 0 aromatic heterocycles. The fourth-order valence-corrected chi connectivity index (χ4v) is 1.90. The van der Waals surface area contributed by atoms with Crippen molar-refractivity contribution in [2.75, 3.05) is 17.2 Å². The van der Waals surface area contributed by atoms with E-state index in [1.807, 2.05) is 6.92 Å². The molecule has 20 heavy (non-hydrogen) atoms. The number of carbonyl (C=O) groups excluding carboxylic acids is 1. The molecule has 0 saturated heterocycles. The van der Waals surface area contributed by atoms with E-state index in [9.17, 15) is 9.18 Å². The monoisotopic (exact) mass is 292 g/mol. The molecular weight excluding hydrogens is 279 g/mol. The Morgan fingerprint density at radius 1 is 1.20 bits per heavy atom. The molecule has 0 radical (unpaired) electrons. The van der Waals surface area contributed by atoms with E-state index in [1.54, 1.807) is 24.3 Å². The van der Waals surface area contributed by atoms with Gasteiger partial charge in [-0.05, 0) is 49.4 Å². The van der Waals surface area contributed by atoms with Gasteiger partial charge in [-0.3, -0.25) is 4.79 Å². The minimum absolute atomic E-state index is 0.0678. The summed E-state index contributed by atoms with van der Waals surface area (Å²) >= 11 is 5.78. The van der Waals surface area contributed by atoms with Gasteiger partial charge >= 0.3 is 0 Å². The van der Waals surface area contributed by atoms with Crippen LogP contribution in [-0.2, 0) is 0 Å². The molecule has 0 heterocycles. The van der Waals surface area contributed by atoms with Crippen molar-refractivity contribution in [1.82, 2.24) is 0 Å². The zero-order chi connectivity index (χ0) is 14.5. The molecule has 0 bridgehead atoms. The van der Waals surface area contributed by atoms with Crippen LogP contribution in [-0.4, -0.2) is 12.5 Å². The maximum atomic E-state index is 13.5. The Morgan fingerprint density at radius 2 is 1.90 bits per heavy atom. The molecule has 0 unspecified atom stereocenters. The zero-order valence-electron chi connectivity index (χ0n) is 10.9. The van der Waals surface area contributed by atoms with E-state index in [1.165, 1.54) is 18.2 Å². The average molecular weight is 293 g/mol. The molecule has 0 aliphatic rings. The topological polar surface area (TPSA) is 41.1 Å². The third-order valence-corrected chi connectivity index (χ3v) is 2.94. The van der Waals surface area contributed by atoms with Crippen LogP contribution in [0.15, 0.2) is 42.5 Å².